The van der Waals surface area contributed by atoms with E-state index in [1.165, 1.54) is 12.1 Å². The summed E-state index contributed by atoms with van der Waals surface area (Å²) in [6, 6.07) is 93.5. The third-order valence-corrected chi connectivity index (χ3v) is 17.4. The highest BCUT2D eigenvalue weighted by Crippen LogP contribution is 2.47. The van der Waals surface area contributed by atoms with Crippen molar-refractivity contribution in [3.63, 3.8) is 0 Å². The van der Waals surface area contributed by atoms with Gasteiger partial charge in [0, 0.05) is 74.1 Å². The average Bonchev–Trinajstić information content (AvgIpc) is 1.54. The predicted molar refractivity (Wildman–Crippen MR) is 365 cm³/mol. The molecular weight excluding hydrogens is 1140 g/mol. The smallest absolute Gasteiger partial charge is 0.308 e. The summed E-state index contributed by atoms with van der Waals surface area (Å²) in [6.45, 7) is 0. The Morgan fingerprint density at radius 3 is 0.946 bits per heavy atom. The van der Waals surface area contributed by atoms with E-state index in [1.54, 1.807) is 18.2 Å². The molecule has 0 aliphatic heterocycles. The molecule has 0 saturated heterocycles. The first kappa shape index (κ1) is 55.0. The Kier molecular flexibility index (Phi) is 13.6. The van der Waals surface area contributed by atoms with Gasteiger partial charge in [0.15, 0.2) is 0 Å². The van der Waals surface area contributed by atoms with E-state index in [2.05, 4.69) is 83.4 Å². The summed E-state index contributed by atoms with van der Waals surface area (Å²) in [4.78, 5) is 19.0. The van der Waals surface area contributed by atoms with E-state index < -0.39 is 11.7 Å². The highest BCUT2D eigenvalue weighted by Gasteiger charge is 2.35. The van der Waals surface area contributed by atoms with Gasteiger partial charge in [-0.3, -0.25) is 19.9 Å². The van der Waals surface area contributed by atoms with E-state index in [9.17, 15) is 5.26 Å². The van der Waals surface area contributed by atoms with Crippen LogP contribution in [0.5, 0.6) is 0 Å². The molecule has 6 heterocycles. The van der Waals surface area contributed by atoms with Crippen LogP contribution in [0.2, 0.25) is 0 Å². The number of nitrogens with zero attached hydrogens (tertiary/aromatic N) is 7. The van der Waals surface area contributed by atoms with Crippen LogP contribution in [0.3, 0.4) is 0 Å². The summed E-state index contributed by atoms with van der Waals surface area (Å²) in [7, 11) is 0. The number of pyridine rings is 4. The number of hydrogen-bond acceptors (Lipinski definition) is 5. The van der Waals surface area contributed by atoms with E-state index in [0.29, 0.717) is 22.4 Å². The topological polar surface area (TPSA) is 85.2 Å². The number of aromatic nitrogens is 6. The molecule has 7 nitrogen and oxygen atoms in total. The summed E-state index contributed by atoms with van der Waals surface area (Å²) in [5.41, 5.74) is 18.0. The van der Waals surface area contributed by atoms with Crippen molar-refractivity contribution >= 4 is 43.6 Å². The van der Waals surface area contributed by atoms with Gasteiger partial charge in [0.25, 0.3) is 0 Å². The van der Waals surface area contributed by atoms with Gasteiger partial charge < -0.3 is 9.13 Å². The second kappa shape index (κ2) is 22.7. The van der Waals surface area contributed by atoms with Crippen LogP contribution in [0.1, 0.15) is 11.1 Å². The van der Waals surface area contributed by atoms with Crippen molar-refractivity contribution in [3.05, 3.63) is 315 Å². The summed E-state index contributed by atoms with van der Waals surface area (Å²) in [5, 5.41) is 15.7. The molecule has 0 spiro atoms. The summed E-state index contributed by atoms with van der Waals surface area (Å²) < 4.78 is 51.1. The first-order chi connectivity index (χ1) is 45.2. The number of rotatable bonds is 11. The highest BCUT2D eigenvalue weighted by molar-refractivity contribution is 6.14. The molecule has 0 fully saturated rings. The number of alkyl halides is 3. The van der Waals surface area contributed by atoms with Crippen molar-refractivity contribution in [2.75, 3.05) is 0 Å². The maximum atomic E-state index is 15.7. The molecule has 0 aliphatic carbocycles. The Balaban J connectivity index is 0.965. The van der Waals surface area contributed by atoms with E-state index in [1.807, 2.05) is 199 Å². The molecule has 92 heavy (non-hydrogen) atoms. The van der Waals surface area contributed by atoms with Crippen LogP contribution < -0.4 is 0 Å². The van der Waals surface area contributed by atoms with E-state index in [0.717, 1.165) is 128 Å². The third kappa shape index (κ3) is 9.82. The van der Waals surface area contributed by atoms with Gasteiger partial charge >= 0.3 is 6.18 Å². The van der Waals surface area contributed by atoms with Gasteiger partial charge in [0.1, 0.15) is 11.6 Å². The standard InChI is InChI=1S/C82H50F3N7/c83-82(84,85)71-24-14-13-23-64(71)65-29-34-80(91-76-30-25-56(60-35-39-87-72(47-60)52-15-5-1-6-16-52)43-66(76)67-44-57(26-31-77(67)91)61-36-40-88-73(48-61)53-17-7-2-8-18-53)70(51-86)81(65)92-78-32-27-58(62-37-41-89-74(49-62)54-19-9-3-10-20-54)45-68(78)69-46-59(28-33-79(69)92)63-38-42-90-75(50-63)55-21-11-4-12-22-55/h1-50H. The van der Waals surface area contributed by atoms with Crippen LogP contribution >= 0.6 is 0 Å². The van der Waals surface area contributed by atoms with Gasteiger partial charge in [-0.1, -0.05) is 170 Å². The van der Waals surface area contributed by atoms with Crippen LogP contribution in [0.25, 0.3) is 156 Å². The average molecular weight is 1190 g/mol. The molecule has 0 N–H and O–H groups in total. The second-order valence-corrected chi connectivity index (χ2v) is 22.8. The van der Waals surface area contributed by atoms with Crippen LogP contribution in [0.4, 0.5) is 13.2 Å². The van der Waals surface area contributed by atoms with Crippen LogP contribution in [-0.2, 0) is 6.18 Å². The molecule has 10 heteroatoms. The monoisotopic (exact) mass is 1190 g/mol. The molecule has 0 aliphatic rings. The molecule has 16 rings (SSSR count). The number of halogens is 3. The molecular formula is C82H50F3N7. The maximum Gasteiger partial charge on any atom is 0.417 e. The van der Waals surface area contributed by atoms with Gasteiger partial charge in [-0.05, 0) is 159 Å². The number of hydrogen-bond donors (Lipinski definition) is 0. The highest BCUT2D eigenvalue weighted by atomic mass is 19.4. The Morgan fingerprint density at radius 2 is 0.609 bits per heavy atom. The Bertz CT molecular complexity index is 5300. The summed E-state index contributed by atoms with van der Waals surface area (Å²) in [6.07, 6.45) is 2.53. The Morgan fingerprint density at radius 1 is 0.293 bits per heavy atom. The van der Waals surface area contributed by atoms with E-state index in [4.69, 9.17) is 19.9 Å². The first-order valence-electron chi connectivity index (χ1n) is 30.2. The Hall–Kier alpha value is -12.3. The minimum atomic E-state index is -4.74. The lowest BCUT2D eigenvalue weighted by Gasteiger charge is -2.22. The minimum Gasteiger partial charge on any atom is -0.308 e. The van der Waals surface area contributed by atoms with Gasteiger partial charge in [-0.2, -0.15) is 18.4 Å². The molecule has 0 saturated carbocycles. The zero-order chi connectivity index (χ0) is 61.9. The van der Waals surface area contributed by atoms with Crippen molar-refractivity contribution in [2.24, 2.45) is 0 Å². The molecule has 0 bridgehead atoms. The second-order valence-electron chi connectivity index (χ2n) is 22.8. The molecule has 10 aromatic carbocycles. The van der Waals surface area contributed by atoms with Crippen LogP contribution in [0, 0.1) is 11.3 Å². The number of benzene rings is 10. The molecule has 0 atom stereocenters. The molecule has 6 aromatic heterocycles. The van der Waals surface area contributed by atoms with Crippen LogP contribution in [-0.4, -0.2) is 29.1 Å². The number of fused-ring (bicyclic) bond motifs is 6. The van der Waals surface area contributed by atoms with Gasteiger partial charge in [0.05, 0.1) is 61.8 Å². The van der Waals surface area contributed by atoms with Gasteiger partial charge in [-0.25, -0.2) is 0 Å². The predicted octanol–water partition coefficient (Wildman–Crippen LogP) is 21.4. The lowest BCUT2D eigenvalue weighted by Crippen LogP contribution is -2.10. The van der Waals surface area contributed by atoms with Crippen molar-refractivity contribution in [1.29, 1.82) is 5.26 Å². The van der Waals surface area contributed by atoms with Crippen molar-refractivity contribution in [3.8, 4) is 118 Å². The normalized spacial score (nSPS) is 11.6. The zero-order valence-corrected chi connectivity index (χ0v) is 49.1. The van der Waals surface area contributed by atoms with E-state index >= 15 is 13.2 Å². The van der Waals surface area contributed by atoms with Crippen LogP contribution in [0.15, 0.2) is 304 Å². The lowest BCUT2D eigenvalue weighted by molar-refractivity contribution is -0.137. The molecule has 16 aromatic rings. The fourth-order valence-electron chi connectivity index (χ4n) is 13.1. The van der Waals surface area contributed by atoms with Crippen molar-refractivity contribution < 1.29 is 13.2 Å². The first-order valence-corrected chi connectivity index (χ1v) is 30.2. The largest absolute Gasteiger partial charge is 0.417 e. The Labute approximate surface area is 527 Å². The summed E-state index contributed by atoms with van der Waals surface area (Å²) >= 11 is 0. The SMILES string of the molecule is N#Cc1c(-n2c3ccc(-c4ccnc(-c5ccccc5)c4)cc3c3cc(-c4ccnc(-c5ccccc5)c4)ccc32)ccc(-c2ccccc2C(F)(F)F)c1-n1c2ccc(-c3ccnc(-c4ccccc4)c3)cc2c2cc(-c3ccnc(-c4ccccc4)c3)ccc21. The minimum absolute atomic E-state index is 0.0623. The molecule has 0 radical (unpaired) electrons. The van der Waals surface area contributed by atoms with E-state index in [-0.39, 0.29) is 16.7 Å². The zero-order valence-electron chi connectivity index (χ0n) is 49.1. The van der Waals surface area contributed by atoms with Gasteiger partial charge in [-0.15, -0.1) is 0 Å². The van der Waals surface area contributed by atoms with Gasteiger partial charge in [0.2, 0.25) is 0 Å². The fourth-order valence-corrected chi connectivity index (χ4v) is 13.1. The molecule has 0 unspecified atom stereocenters. The lowest BCUT2D eigenvalue weighted by atomic mass is 9.94. The third-order valence-electron chi connectivity index (χ3n) is 17.4. The van der Waals surface area contributed by atoms with Crippen molar-refractivity contribution in [1.82, 2.24) is 29.1 Å². The molecule has 0 amide bonds. The van der Waals surface area contributed by atoms with Crippen molar-refractivity contribution in [2.45, 2.75) is 6.18 Å². The maximum absolute atomic E-state index is 15.7. The number of nitriles is 1. The molecule has 434 valence electrons. The quantitative estimate of drug-likeness (QED) is 0.129. The summed E-state index contributed by atoms with van der Waals surface area (Å²) in [5.74, 6) is 0. The fraction of sp³-hybridized carbons (Fsp3) is 0.0122.